The predicted molar refractivity (Wildman–Crippen MR) is 89.5 cm³/mol. The molecule has 0 heterocycles. The smallest absolute Gasteiger partial charge is 0.339 e. The van der Waals surface area contributed by atoms with E-state index < -0.39 is 10.1 Å². The van der Waals surface area contributed by atoms with E-state index in [1.165, 1.54) is 30.3 Å². The molecule has 0 N–H and O–H groups in total. The average Bonchev–Trinajstić information content (AvgIpc) is 2.55. The van der Waals surface area contributed by atoms with E-state index in [1.807, 2.05) is 6.07 Å². The molecule has 4 nitrogen and oxygen atoms in total. The highest BCUT2D eigenvalue weighted by Crippen LogP contribution is 2.28. The van der Waals surface area contributed by atoms with Crippen LogP contribution in [0.25, 0.3) is 0 Å². The molecule has 2 aromatic rings. The van der Waals surface area contributed by atoms with Gasteiger partial charge in [0, 0.05) is 5.88 Å². The molecule has 0 saturated carbocycles. The zero-order valence-electron chi connectivity index (χ0n) is 12.0. The molecule has 0 aromatic heterocycles. The highest BCUT2D eigenvalue weighted by molar-refractivity contribution is 7.87. The summed E-state index contributed by atoms with van der Waals surface area (Å²) in [6.07, 6.45) is 1.61. The lowest BCUT2D eigenvalue weighted by atomic mass is 10.1. The minimum atomic E-state index is -3.99. The molecule has 2 rings (SSSR count). The Morgan fingerprint density at radius 2 is 1.83 bits per heavy atom. The Kier molecular flexibility index (Phi) is 5.89. The van der Waals surface area contributed by atoms with Crippen molar-refractivity contribution in [3.63, 3.8) is 0 Å². The Balaban J connectivity index is 2.20. The van der Waals surface area contributed by atoms with Crippen LogP contribution in [-0.4, -0.2) is 14.3 Å². The third-order valence-corrected chi connectivity index (χ3v) is 4.88. The molecular formula is C16H13Cl2NO3S. The predicted octanol–water partition coefficient (Wildman–Crippen LogP) is 4.15. The topological polar surface area (TPSA) is 67.2 Å². The molecule has 0 aliphatic heterocycles. The molecule has 0 atom stereocenters. The van der Waals surface area contributed by atoms with Crippen molar-refractivity contribution in [2.45, 2.75) is 17.7 Å². The Morgan fingerprint density at radius 3 is 2.39 bits per heavy atom. The number of aryl methyl sites for hydroxylation is 1. The van der Waals surface area contributed by atoms with Crippen LogP contribution in [0.2, 0.25) is 5.02 Å². The van der Waals surface area contributed by atoms with Crippen LogP contribution in [0.4, 0.5) is 0 Å². The maximum atomic E-state index is 12.3. The van der Waals surface area contributed by atoms with Crippen molar-refractivity contribution in [3.05, 3.63) is 58.6 Å². The van der Waals surface area contributed by atoms with E-state index in [2.05, 4.69) is 0 Å². The molecule has 0 fully saturated rings. The van der Waals surface area contributed by atoms with E-state index in [0.717, 1.165) is 18.4 Å². The van der Waals surface area contributed by atoms with Crippen molar-refractivity contribution in [1.82, 2.24) is 0 Å². The van der Waals surface area contributed by atoms with Gasteiger partial charge >= 0.3 is 10.1 Å². The summed E-state index contributed by atoms with van der Waals surface area (Å²) in [5.74, 6) is 0.539. The maximum absolute atomic E-state index is 12.3. The fourth-order valence-electron chi connectivity index (χ4n) is 1.90. The zero-order chi connectivity index (χ0) is 16.9. The van der Waals surface area contributed by atoms with E-state index in [-0.39, 0.29) is 15.7 Å². The van der Waals surface area contributed by atoms with Crippen LogP contribution in [-0.2, 0) is 16.5 Å². The van der Waals surface area contributed by atoms with Crippen LogP contribution in [0.15, 0.2) is 47.4 Å². The van der Waals surface area contributed by atoms with Crippen LogP contribution in [0.5, 0.6) is 5.75 Å². The van der Waals surface area contributed by atoms with Gasteiger partial charge in [-0.25, -0.2) is 0 Å². The Hall–Kier alpha value is -1.74. The van der Waals surface area contributed by atoms with Crippen molar-refractivity contribution in [1.29, 1.82) is 5.26 Å². The number of nitrogens with zero attached hydrogens (tertiary/aromatic N) is 1. The molecule has 0 spiro atoms. The van der Waals surface area contributed by atoms with Gasteiger partial charge in [0.25, 0.3) is 0 Å². The molecule has 0 aliphatic rings. The lowest BCUT2D eigenvalue weighted by molar-refractivity contribution is 0.486. The number of halogens is 2. The molecule has 120 valence electrons. The van der Waals surface area contributed by atoms with E-state index in [1.54, 1.807) is 12.1 Å². The molecule has 0 unspecified atom stereocenters. The SMILES string of the molecule is N#Cc1ccc(OS(=O)(=O)c2ccc(CCCCl)cc2)c(Cl)c1. The van der Waals surface area contributed by atoms with Gasteiger partial charge in [0.15, 0.2) is 5.75 Å². The molecule has 0 saturated heterocycles. The molecule has 0 radical (unpaired) electrons. The molecule has 0 bridgehead atoms. The van der Waals surface area contributed by atoms with Gasteiger partial charge in [-0.2, -0.15) is 13.7 Å². The van der Waals surface area contributed by atoms with Crippen molar-refractivity contribution in [2.24, 2.45) is 0 Å². The van der Waals surface area contributed by atoms with Crippen LogP contribution >= 0.6 is 23.2 Å². The number of nitriles is 1. The zero-order valence-corrected chi connectivity index (χ0v) is 14.3. The van der Waals surface area contributed by atoms with Gasteiger partial charge in [0.2, 0.25) is 0 Å². The Labute approximate surface area is 145 Å². The van der Waals surface area contributed by atoms with Gasteiger partial charge in [0.05, 0.1) is 16.7 Å². The van der Waals surface area contributed by atoms with Gasteiger partial charge in [-0.3, -0.25) is 0 Å². The minimum Gasteiger partial charge on any atom is -0.377 e. The summed E-state index contributed by atoms with van der Waals surface area (Å²) >= 11 is 11.6. The first-order chi connectivity index (χ1) is 11.0. The fraction of sp³-hybridized carbons (Fsp3) is 0.188. The first-order valence-electron chi connectivity index (χ1n) is 6.75. The van der Waals surface area contributed by atoms with Crippen molar-refractivity contribution >= 4 is 33.3 Å². The highest BCUT2D eigenvalue weighted by Gasteiger charge is 2.18. The van der Waals surface area contributed by atoms with Crippen LogP contribution in [0, 0.1) is 11.3 Å². The molecule has 0 aliphatic carbocycles. The molecular weight excluding hydrogens is 357 g/mol. The lowest BCUT2D eigenvalue weighted by Crippen LogP contribution is -2.10. The largest absolute Gasteiger partial charge is 0.377 e. The maximum Gasteiger partial charge on any atom is 0.339 e. The number of benzene rings is 2. The number of alkyl halides is 1. The first-order valence-corrected chi connectivity index (χ1v) is 9.07. The minimum absolute atomic E-state index is 0.0168. The van der Waals surface area contributed by atoms with Crippen LogP contribution in [0.1, 0.15) is 17.5 Å². The van der Waals surface area contributed by atoms with E-state index >= 15 is 0 Å². The number of hydrogen-bond acceptors (Lipinski definition) is 4. The summed E-state index contributed by atoms with van der Waals surface area (Å²) in [5, 5.41) is 8.84. The summed E-state index contributed by atoms with van der Waals surface area (Å²) in [6, 6.07) is 12.5. The normalized spacial score (nSPS) is 11.0. The summed E-state index contributed by atoms with van der Waals surface area (Å²) in [4.78, 5) is 0.0348. The average molecular weight is 370 g/mol. The van der Waals surface area contributed by atoms with E-state index in [9.17, 15) is 8.42 Å². The fourth-order valence-corrected chi connectivity index (χ4v) is 3.24. The second-order valence-corrected chi connectivity index (χ2v) is 7.06. The third kappa shape index (κ3) is 4.61. The van der Waals surface area contributed by atoms with Crippen LogP contribution < -0.4 is 4.18 Å². The van der Waals surface area contributed by atoms with E-state index in [4.69, 9.17) is 32.6 Å². The van der Waals surface area contributed by atoms with Gasteiger partial charge < -0.3 is 4.18 Å². The molecule has 0 amide bonds. The van der Waals surface area contributed by atoms with Crippen molar-refractivity contribution < 1.29 is 12.6 Å². The van der Waals surface area contributed by atoms with Gasteiger partial charge in [-0.1, -0.05) is 23.7 Å². The Bertz CT molecular complexity index is 827. The Morgan fingerprint density at radius 1 is 1.13 bits per heavy atom. The molecule has 23 heavy (non-hydrogen) atoms. The summed E-state index contributed by atoms with van der Waals surface area (Å²) in [5.41, 5.74) is 1.32. The van der Waals surface area contributed by atoms with Crippen LogP contribution in [0.3, 0.4) is 0 Å². The van der Waals surface area contributed by atoms with Gasteiger partial charge in [0.1, 0.15) is 4.90 Å². The monoisotopic (exact) mass is 369 g/mol. The van der Waals surface area contributed by atoms with Gasteiger partial charge in [-0.15, -0.1) is 11.6 Å². The highest BCUT2D eigenvalue weighted by atomic mass is 35.5. The third-order valence-electron chi connectivity index (χ3n) is 3.07. The van der Waals surface area contributed by atoms with Crippen molar-refractivity contribution in [3.8, 4) is 11.8 Å². The van der Waals surface area contributed by atoms with E-state index in [0.29, 0.717) is 11.4 Å². The van der Waals surface area contributed by atoms with Crippen molar-refractivity contribution in [2.75, 3.05) is 5.88 Å². The van der Waals surface area contributed by atoms with Gasteiger partial charge in [-0.05, 0) is 48.7 Å². The number of rotatable bonds is 6. The number of hydrogen-bond donors (Lipinski definition) is 0. The summed E-state index contributed by atoms with van der Waals surface area (Å²) in [7, 11) is -3.99. The second-order valence-electron chi connectivity index (χ2n) is 4.73. The molecule has 2 aromatic carbocycles. The summed E-state index contributed by atoms with van der Waals surface area (Å²) < 4.78 is 29.6. The summed E-state index contributed by atoms with van der Waals surface area (Å²) in [6.45, 7) is 0. The lowest BCUT2D eigenvalue weighted by Gasteiger charge is -2.09. The standard InChI is InChI=1S/C16H13Cl2NO3S/c17-9-1-2-12-3-6-14(7-4-12)23(20,21)22-16-8-5-13(11-19)10-15(16)18/h3-8,10H,1-2,9H2. The molecule has 7 heteroatoms. The quantitative estimate of drug-likeness (QED) is 0.566. The first kappa shape index (κ1) is 17.6. The second kappa shape index (κ2) is 7.69.